The normalized spacial score (nSPS) is 18.6. The summed E-state index contributed by atoms with van der Waals surface area (Å²) in [6.07, 6.45) is 3.48. The third kappa shape index (κ3) is 6.73. The fourth-order valence-electron chi connectivity index (χ4n) is 3.65. The Morgan fingerprint density at radius 1 is 0.867 bits per heavy atom. The Morgan fingerprint density at radius 3 is 2.03 bits per heavy atom. The van der Waals surface area contributed by atoms with Crippen molar-refractivity contribution in [1.29, 1.82) is 0 Å². The van der Waals surface area contributed by atoms with Gasteiger partial charge in [0.25, 0.3) is 0 Å². The summed E-state index contributed by atoms with van der Waals surface area (Å²) < 4.78 is 11.0. The first-order valence-electron chi connectivity index (χ1n) is 10.1. The summed E-state index contributed by atoms with van der Waals surface area (Å²) in [4.78, 5) is 25.2. The van der Waals surface area contributed by atoms with Gasteiger partial charge in [0, 0.05) is 5.02 Å². The molecule has 160 valence electrons. The van der Waals surface area contributed by atoms with Gasteiger partial charge in [-0.2, -0.15) is 0 Å². The van der Waals surface area contributed by atoms with Crippen LogP contribution < -0.4 is 4.90 Å². The summed E-state index contributed by atoms with van der Waals surface area (Å²) >= 11 is 11.3. The number of ether oxygens (including phenoxy) is 2. The van der Waals surface area contributed by atoms with Crippen molar-refractivity contribution in [3.8, 4) is 0 Å². The van der Waals surface area contributed by atoms with Crippen LogP contribution in [0.3, 0.4) is 0 Å². The Kier molecular flexibility index (Phi) is 8.55. The lowest BCUT2D eigenvalue weighted by molar-refractivity contribution is -0.116. The first kappa shape index (κ1) is 22.6. The lowest BCUT2D eigenvalue weighted by Gasteiger charge is -2.29. The minimum atomic E-state index is -0.473. The van der Waals surface area contributed by atoms with E-state index in [1.54, 1.807) is 29.2 Å². The van der Waals surface area contributed by atoms with E-state index in [1.165, 1.54) is 0 Å². The molecule has 3 rings (SSSR count). The molecule has 0 radical (unpaired) electrons. The molecule has 1 aliphatic rings. The van der Waals surface area contributed by atoms with Crippen LogP contribution in [0.4, 0.5) is 16.2 Å². The van der Waals surface area contributed by atoms with E-state index in [-0.39, 0.29) is 6.61 Å². The maximum atomic E-state index is 12.9. The van der Waals surface area contributed by atoms with Crippen molar-refractivity contribution in [3.63, 3.8) is 0 Å². The molecule has 0 spiro atoms. The Labute approximate surface area is 186 Å². The molecule has 1 fully saturated rings. The van der Waals surface area contributed by atoms with Crippen LogP contribution in [-0.4, -0.2) is 31.2 Å². The largest absolute Gasteiger partial charge is 0.449 e. The Morgan fingerprint density at radius 2 is 1.43 bits per heavy atom. The van der Waals surface area contributed by atoms with Gasteiger partial charge in [-0.05, 0) is 85.5 Å². The predicted octanol–water partition coefficient (Wildman–Crippen LogP) is 6.20. The molecule has 1 aliphatic carbocycles. The first-order chi connectivity index (χ1) is 14.5. The molecular weight excluding hydrogens is 425 g/mol. The van der Waals surface area contributed by atoms with Gasteiger partial charge < -0.3 is 9.47 Å². The summed E-state index contributed by atoms with van der Waals surface area (Å²) in [6.45, 7) is 0.881. The van der Waals surface area contributed by atoms with E-state index in [0.29, 0.717) is 35.8 Å². The molecule has 2 aromatic carbocycles. The number of carbonyl (C=O) groups is 2. The fraction of sp³-hybridized carbons (Fsp3) is 0.391. The summed E-state index contributed by atoms with van der Waals surface area (Å²) in [7, 11) is 0. The first-order valence-corrected chi connectivity index (χ1v) is 10.8. The van der Waals surface area contributed by atoms with Gasteiger partial charge >= 0.3 is 6.09 Å². The lowest BCUT2D eigenvalue weighted by atomic mass is 9.83. The molecule has 0 bridgehead atoms. The highest BCUT2D eigenvalue weighted by molar-refractivity contribution is 6.63. The van der Waals surface area contributed by atoms with Crippen LogP contribution in [0.2, 0.25) is 5.02 Å². The van der Waals surface area contributed by atoms with E-state index in [4.69, 9.17) is 32.7 Å². The highest BCUT2D eigenvalue weighted by Gasteiger charge is 2.25. The molecule has 0 aromatic heterocycles. The van der Waals surface area contributed by atoms with Crippen LogP contribution in [0.15, 0.2) is 54.6 Å². The van der Waals surface area contributed by atoms with E-state index >= 15 is 0 Å². The molecule has 0 atom stereocenters. The summed E-state index contributed by atoms with van der Waals surface area (Å²) in [5.41, 5.74) is 1.44. The van der Waals surface area contributed by atoms with Crippen molar-refractivity contribution in [2.24, 2.45) is 11.8 Å². The topological polar surface area (TPSA) is 55.8 Å². The van der Waals surface area contributed by atoms with Crippen molar-refractivity contribution in [2.45, 2.75) is 25.7 Å². The lowest BCUT2D eigenvalue weighted by Crippen LogP contribution is -2.30. The van der Waals surface area contributed by atoms with Gasteiger partial charge in [-0.1, -0.05) is 29.8 Å². The van der Waals surface area contributed by atoms with Crippen LogP contribution in [0, 0.1) is 11.8 Å². The highest BCUT2D eigenvalue weighted by Crippen LogP contribution is 2.31. The second-order valence-corrected chi connectivity index (χ2v) is 8.34. The maximum Gasteiger partial charge on any atom is 0.418 e. The molecule has 1 saturated carbocycles. The Balaban J connectivity index is 1.54. The highest BCUT2D eigenvalue weighted by atomic mass is 35.5. The molecule has 0 unspecified atom stereocenters. The van der Waals surface area contributed by atoms with Crippen molar-refractivity contribution < 1.29 is 19.1 Å². The number of anilines is 2. The number of nitrogens with zero attached hydrogens (tertiary/aromatic N) is 1. The number of rotatable bonds is 8. The minimum absolute atomic E-state index is 0.0425. The Bertz CT molecular complexity index is 821. The van der Waals surface area contributed by atoms with E-state index < -0.39 is 11.3 Å². The number of benzene rings is 2. The zero-order chi connectivity index (χ0) is 21.3. The third-order valence-electron chi connectivity index (χ3n) is 5.26. The SMILES string of the molecule is O=C(Cl)COC[C@H]1CC[C@H](COC(=O)N(c2ccccc2)c2ccc(Cl)cc2)CC1. The number of carbonyl (C=O) groups excluding carboxylic acids is 2. The molecular formula is C23H25Cl2NO4. The standard InChI is InChI=1S/C23H25Cl2NO4/c24-19-10-12-21(13-11-19)26(20-4-2-1-3-5-20)23(28)30-15-18-8-6-17(7-9-18)14-29-16-22(25)27/h1-5,10-13,17-18H,6-9,14-16H2/t17-,18-. The van der Waals surface area contributed by atoms with Crippen molar-refractivity contribution >= 4 is 45.9 Å². The van der Waals surface area contributed by atoms with E-state index in [2.05, 4.69) is 0 Å². The van der Waals surface area contributed by atoms with E-state index in [1.807, 2.05) is 30.3 Å². The summed E-state index contributed by atoms with van der Waals surface area (Å²) in [5, 5.41) is 0.135. The van der Waals surface area contributed by atoms with E-state index in [0.717, 1.165) is 31.4 Å². The second-order valence-electron chi connectivity index (χ2n) is 7.48. The monoisotopic (exact) mass is 449 g/mol. The van der Waals surface area contributed by atoms with Gasteiger partial charge in [-0.15, -0.1) is 0 Å². The van der Waals surface area contributed by atoms with Gasteiger partial charge in [0.1, 0.15) is 6.61 Å². The van der Waals surface area contributed by atoms with Crippen molar-refractivity contribution in [2.75, 3.05) is 24.7 Å². The van der Waals surface area contributed by atoms with Gasteiger partial charge in [0.15, 0.2) is 0 Å². The molecule has 2 aromatic rings. The van der Waals surface area contributed by atoms with Gasteiger partial charge in [-0.3, -0.25) is 4.79 Å². The number of para-hydroxylation sites is 1. The molecule has 0 aliphatic heterocycles. The molecule has 0 heterocycles. The van der Waals surface area contributed by atoms with Gasteiger partial charge in [0.05, 0.1) is 24.6 Å². The molecule has 0 saturated heterocycles. The third-order valence-corrected chi connectivity index (χ3v) is 5.62. The number of hydrogen-bond acceptors (Lipinski definition) is 4. The second kappa shape index (κ2) is 11.3. The molecule has 1 amide bonds. The van der Waals surface area contributed by atoms with Gasteiger partial charge in [0.2, 0.25) is 5.24 Å². The zero-order valence-electron chi connectivity index (χ0n) is 16.6. The quantitative estimate of drug-likeness (QED) is 0.449. The summed E-state index contributed by atoms with van der Waals surface area (Å²) in [6, 6.07) is 16.5. The predicted molar refractivity (Wildman–Crippen MR) is 119 cm³/mol. The minimum Gasteiger partial charge on any atom is -0.449 e. The Hall–Kier alpha value is -2.08. The summed E-state index contributed by atoms with van der Waals surface area (Å²) in [5.74, 6) is 0.741. The average Bonchev–Trinajstić information content (AvgIpc) is 2.75. The van der Waals surface area contributed by atoms with Crippen molar-refractivity contribution in [3.05, 3.63) is 59.6 Å². The molecule has 0 N–H and O–H groups in total. The van der Waals surface area contributed by atoms with E-state index in [9.17, 15) is 9.59 Å². The number of halogens is 2. The molecule has 7 heteroatoms. The number of amides is 1. The van der Waals surface area contributed by atoms with Crippen LogP contribution in [0.1, 0.15) is 25.7 Å². The van der Waals surface area contributed by atoms with Gasteiger partial charge in [-0.25, -0.2) is 9.69 Å². The zero-order valence-corrected chi connectivity index (χ0v) is 18.1. The average molecular weight is 450 g/mol. The van der Waals surface area contributed by atoms with Crippen LogP contribution in [0.5, 0.6) is 0 Å². The molecule has 30 heavy (non-hydrogen) atoms. The fourth-order valence-corrected chi connectivity index (χ4v) is 3.85. The number of hydrogen-bond donors (Lipinski definition) is 0. The molecule has 5 nitrogen and oxygen atoms in total. The smallest absolute Gasteiger partial charge is 0.418 e. The van der Waals surface area contributed by atoms with Crippen LogP contribution in [-0.2, 0) is 14.3 Å². The van der Waals surface area contributed by atoms with Crippen LogP contribution >= 0.6 is 23.2 Å². The maximum absolute atomic E-state index is 12.9. The van der Waals surface area contributed by atoms with Crippen molar-refractivity contribution in [1.82, 2.24) is 0 Å². The van der Waals surface area contributed by atoms with Crippen LogP contribution in [0.25, 0.3) is 0 Å².